The molecule has 1 aromatic carbocycles. The molecule has 21 nitrogen and oxygen atoms in total. The summed E-state index contributed by atoms with van der Waals surface area (Å²) in [5, 5.41) is 29.1. The number of allylic oxidation sites excluding steroid dienone is 1. The molecule has 55 heavy (non-hydrogen) atoms. The number of nitrogens with one attached hydrogen (secondary N) is 2. The van der Waals surface area contributed by atoms with Crippen LogP contribution in [0.4, 0.5) is 9.93 Å². The number of hydrogen-bond acceptors (Lipinski definition) is 19. The van der Waals surface area contributed by atoms with E-state index < -0.39 is 58.9 Å². The highest BCUT2D eigenvalue weighted by Gasteiger charge is 2.54. The Bertz CT molecular complexity index is 2210. The Morgan fingerprint density at radius 3 is 2.51 bits per heavy atom. The van der Waals surface area contributed by atoms with Crippen LogP contribution in [0.15, 0.2) is 68.1 Å². The summed E-state index contributed by atoms with van der Waals surface area (Å²) in [4.78, 5) is 101. The van der Waals surface area contributed by atoms with E-state index in [0.29, 0.717) is 22.1 Å². The predicted octanol–water partition coefficient (Wildman–Crippen LogP) is 1.44. The van der Waals surface area contributed by atoms with Gasteiger partial charge in [0.2, 0.25) is 0 Å². The molecule has 24 heteroatoms. The third-order valence-corrected chi connectivity index (χ3v) is 10.7. The lowest BCUT2D eigenvalue weighted by atomic mass is 10.0. The maximum Gasteiger partial charge on any atom is 0.427 e. The number of nitrogens with two attached hydrogens (primary N) is 1. The Balaban J connectivity index is 1.17. The van der Waals surface area contributed by atoms with Crippen molar-refractivity contribution in [1.82, 2.24) is 30.8 Å². The summed E-state index contributed by atoms with van der Waals surface area (Å²) in [5.74, 6) is -5.52. The molecule has 2 atom stereocenters. The van der Waals surface area contributed by atoms with Crippen LogP contribution in [0.3, 0.4) is 0 Å². The summed E-state index contributed by atoms with van der Waals surface area (Å²) in [5.41, 5.74) is 8.31. The number of rotatable bonds is 11. The SMILES string of the molecule is CC(=O)Oc1ccc(C(=O)O/N=C(\C(=O)N[C@@H]2C(=O)N3C(C(=O)O)=C(CSC4=CC(C)=NC5=CN(C(=O)O)NN54)CS[C@H]23)c2csc(N)n2)cc1OC(C)=O. The number of thioether (sulfide) groups is 2. The van der Waals surface area contributed by atoms with E-state index in [-0.39, 0.29) is 45.1 Å². The molecule has 0 aliphatic carbocycles. The summed E-state index contributed by atoms with van der Waals surface area (Å²) in [7, 11) is 0. The maximum absolute atomic E-state index is 13.6. The summed E-state index contributed by atoms with van der Waals surface area (Å²) >= 11 is 3.36. The number of benzene rings is 1. The molecule has 0 spiro atoms. The van der Waals surface area contributed by atoms with Crippen LogP contribution < -0.4 is 26.1 Å². The highest BCUT2D eigenvalue weighted by atomic mass is 32.2. The number of carboxylic acids is 1. The van der Waals surface area contributed by atoms with Gasteiger partial charge in [0.1, 0.15) is 22.8 Å². The summed E-state index contributed by atoms with van der Waals surface area (Å²) < 4.78 is 10.0. The highest BCUT2D eigenvalue weighted by molar-refractivity contribution is 8.03. The quantitative estimate of drug-likeness (QED) is 0.0536. The van der Waals surface area contributed by atoms with Crippen molar-refractivity contribution in [1.29, 1.82) is 0 Å². The Morgan fingerprint density at radius 2 is 1.85 bits per heavy atom. The first-order valence-corrected chi connectivity index (χ1v) is 18.4. The van der Waals surface area contributed by atoms with Gasteiger partial charge in [-0.05, 0) is 36.8 Å². The van der Waals surface area contributed by atoms with Crippen LogP contribution in [0.5, 0.6) is 11.5 Å². The van der Waals surface area contributed by atoms with E-state index in [4.69, 9.17) is 20.0 Å². The number of aliphatic carboxylic acids is 1. The molecule has 4 aliphatic heterocycles. The molecule has 286 valence electrons. The zero-order chi connectivity index (χ0) is 39.7. The van der Waals surface area contributed by atoms with E-state index in [1.807, 2.05) is 0 Å². The Morgan fingerprint density at radius 1 is 1.13 bits per heavy atom. The summed E-state index contributed by atoms with van der Waals surface area (Å²) in [6.45, 7) is 3.94. The number of aliphatic imine (C=N–C) groups is 1. The number of ether oxygens (including phenoxy) is 2. The molecule has 0 radical (unpaired) electrons. The lowest BCUT2D eigenvalue weighted by Gasteiger charge is -2.49. The van der Waals surface area contributed by atoms with Crippen LogP contribution in [0.1, 0.15) is 36.8 Å². The summed E-state index contributed by atoms with van der Waals surface area (Å²) in [6.07, 6.45) is 1.71. The van der Waals surface area contributed by atoms with Crippen molar-refractivity contribution in [2.45, 2.75) is 32.2 Å². The molecule has 6 N–H and O–H groups in total. The first-order valence-electron chi connectivity index (χ1n) is 15.5. The normalized spacial score (nSPS) is 19.0. The van der Waals surface area contributed by atoms with Gasteiger partial charge in [-0.25, -0.2) is 29.4 Å². The number of nitrogen functional groups attached to an aromatic ring is 1. The molecule has 1 aromatic heterocycles. The van der Waals surface area contributed by atoms with Gasteiger partial charge >= 0.3 is 30.0 Å². The number of carbonyl (C=O) groups excluding carboxylic acids is 5. The Kier molecular flexibility index (Phi) is 10.9. The minimum atomic E-state index is -1.36. The number of anilines is 1. The molecule has 1 fully saturated rings. The molecule has 3 amide bonds. The Hall–Kier alpha value is -6.24. The second-order valence-electron chi connectivity index (χ2n) is 11.5. The monoisotopic (exact) mass is 813 g/mol. The van der Waals surface area contributed by atoms with Crippen LogP contribution >= 0.6 is 34.9 Å². The third kappa shape index (κ3) is 8.15. The molecular formula is C31H27N9O12S3. The minimum absolute atomic E-state index is 0.0442. The number of β-lactam (4-membered cyclic amide) rings is 1. The molecule has 5 heterocycles. The average molecular weight is 814 g/mol. The topological polar surface area (TPSA) is 285 Å². The minimum Gasteiger partial charge on any atom is -0.477 e. The largest absolute Gasteiger partial charge is 0.477 e. The van der Waals surface area contributed by atoms with Crippen molar-refractivity contribution in [2.24, 2.45) is 10.1 Å². The number of oxime groups is 1. The first-order chi connectivity index (χ1) is 26.1. The molecular weight excluding hydrogens is 787 g/mol. The molecule has 0 bridgehead atoms. The lowest BCUT2D eigenvalue weighted by Crippen LogP contribution is -2.71. The summed E-state index contributed by atoms with van der Waals surface area (Å²) in [6, 6.07) is 2.23. The van der Waals surface area contributed by atoms with Gasteiger partial charge in [-0.2, -0.15) is 5.01 Å². The van der Waals surface area contributed by atoms with Crippen LogP contribution in [-0.4, -0.2) is 106 Å². The molecule has 6 rings (SSSR count). The van der Waals surface area contributed by atoms with Crippen molar-refractivity contribution in [2.75, 3.05) is 17.2 Å². The van der Waals surface area contributed by atoms with Gasteiger partial charge in [0.05, 0.1) is 16.8 Å². The van der Waals surface area contributed by atoms with Crippen molar-refractivity contribution < 1.29 is 58.1 Å². The second-order valence-corrected chi connectivity index (χ2v) is 14.4. The van der Waals surface area contributed by atoms with E-state index in [2.05, 4.69) is 26.0 Å². The van der Waals surface area contributed by atoms with Gasteiger partial charge in [-0.15, -0.1) is 40.4 Å². The van der Waals surface area contributed by atoms with Crippen LogP contribution in [0, 0.1) is 0 Å². The van der Waals surface area contributed by atoms with Gasteiger partial charge < -0.3 is 35.6 Å². The zero-order valence-corrected chi connectivity index (χ0v) is 30.9. The zero-order valence-electron chi connectivity index (χ0n) is 28.5. The number of thiazole rings is 1. The molecule has 0 saturated carbocycles. The maximum atomic E-state index is 13.6. The lowest BCUT2D eigenvalue weighted by molar-refractivity contribution is -0.150. The van der Waals surface area contributed by atoms with E-state index >= 15 is 0 Å². The standard InChI is InChI=1S/C31H27N9O12S3/c1-12-6-21(40-20(33-12)8-38(37-40)31(48)49)53-9-16-10-54-27-23(26(44)39(27)24(16)28(45)46)35-25(43)22(17-11-55-30(32)34-17)36-52-29(47)15-4-5-18(50-13(2)41)19(7-15)51-14(3)42/h4-8,11,23,27,37H,9-10H2,1-3H3,(H2,32,34)(H,35,43)(H,45,46)(H,48,49)/b36-22-/t23-,27-/m1/s1. The van der Waals surface area contributed by atoms with Crippen molar-refractivity contribution in [3.8, 4) is 11.5 Å². The first kappa shape index (κ1) is 38.5. The van der Waals surface area contributed by atoms with E-state index in [9.17, 15) is 43.8 Å². The van der Waals surface area contributed by atoms with Crippen LogP contribution in [0.2, 0.25) is 0 Å². The Labute approximate surface area is 321 Å². The van der Waals surface area contributed by atoms with Gasteiger partial charge in [-0.3, -0.25) is 24.1 Å². The number of amides is 3. The van der Waals surface area contributed by atoms with Gasteiger partial charge in [0.15, 0.2) is 28.2 Å². The van der Waals surface area contributed by atoms with Gasteiger partial charge in [-0.1, -0.05) is 5.16 Å². The molecule has 4 aliphatic rings. The van der Waals surface area contributed by atoms with Crippen molar-refractivity contribution in [3.63, 3.8) is 0 Å². The van der Waals surface area contributed by atoms with E-state index in [1.165, 1.54) is 52.2 Å². The smallest absolute Gasteiger partial charge is 0.427 e. The number of esters is 2. The second kappa shape index (κ2) is 15.6. The van der Waals surface area contributed by atoms with Gasteiger partial charge in [0, 0.05) is 36.4 Å². The third-order valence-electron chi connectivity index (χ3n) is 7.55. The highest BCUT2D eigenvalue weighted by Crippen LogP contribution is 2.42. The number of nitrogens with zero attached hydrogens (tertiary/aromatic N) is 6. The van der Waals surface area contributed by atoms with Crippen LogP contribution in [0.25, 0.3) is 0 Å². The fourth-order valence-corrected chi connectivity index (χ4v) is 8.38. The number of hydrazine groups is 2. The number of carbonyl (C=O) groups is 7. The van der Waals surface area contributed by atoms with Gasteiger partial charge in [0.25, 0.3) is 11.8 Å². The molecule has 2 aromatic rings. The fourth-order valence-electron chi connectivity index (χ4n) is 5.28. The van der Waals surface area contributed by atoms with Crippen LogP contribution in [-0.2, 0) is 28.8 Å². The predicted molar refractivity (Wildman–Crippen MR) is 194 cm³/mol. The average Bonchev–Trinajstić information content (AvgIpc) is 3.75. The number of aromatic nitrogens is 1. The number of fused-ring (bicyclic) bond motifs is 2. The van der Waals surface area contributed by atoms with Crippen molar-refractivity contribution in [3.05, 3.63) is 69.2 Å². The van der Waals surface area contributed by atoms with E-state index in [0.717, 1.165) is 41.2 Å². The molecule has 0 unspecified atom stereocenters. The molecule has 1 saturated heterocycles. The number of carboxylic acid groups (broad SMARTS) is 2. The van der Waals surface area contributed by atoms with E-state index in [1.54, 1.807) is 13.0 Å². The van der Waals surface area contributed by atoms with Crippen molar-refractivity contribution >= 4 is 93.2 Å². The fraction of sp³-hybridized carbons (Fsp3) is 0.226. The number of hydrogen-bond donors (Lipinski definition) is 5.